The SMILES string of the molecule is Cc1nc(Cc2ccc(NC=O)cc2)n[nH]1. The lowest BCUT2D eigenvalue weighted by Crippen LogP contribution is -1.95. The average Bonchev–Trinajstić information content (AvgIpc) is 2.67. The number of anilines is 1. The Morgan fingerprint density at radius 2 is 2.12 bits per heavy atom. The molecule has 0 saturated carbocycles. The molecule has 0 spiro atoms. The molecule has 0 aliphatic carbocycles. The molecule has 82 valence electrons. The molecule has 0 aliphatic heterocycles. The van der Waals surface area contributed by atoms with Crippen molar-refractivity contribution in [1.82, 2.24) is 15.2 Å². The molecule has 2 N–H and O–H groups in total. The Kier molecular flexibility index (Phi) is 2.95. The van der Waals surface area contributed by atoms with E-state index in [1.54, 1.807) is 0 Å². The van der Waals surface area contributed by atoms with Gasteiger partial charge in [-0.25, -0.2) is 4.98 Å². The van der Waals surface area contributed by atoms with Gasteiger partial charge < -0.3 is 5.32 Å². The van der Waals surface area contributed by atoms with Crippen LogP contribution in [0.5, 0.6) is 0 Å². The summed E-state index contributed by atoms with van der Waals surface area (Å²) in [5.74, 6) is 1.59. The minimum Gasteiger partial charge on any atom is -0.329 e. The van der Waals surface area contributed by atoms with Gasteiger partial charge >= 0.3 is 0 Å². The van der Waals surface area contributed by atoms with Gasteiger partial charge in [0, 0.05) is 12.1 Å². The number of benzene rings is 1. The van der Waals surface area contributed by atoms with E-state index in [0.29, 0.717) is 12.8 Å². The summed E-state index contributed by atoms with van der Waals surface area (Å²) in [5.41, 5.74) is 1.89. The van der Waals surface area contributed by atoms with Gasteiger partial charge in [-0.3, -0.25) is 9.89 Å². The van der Waals surface area contributed by atoms with E-state index in [1.165, 1.54) is 0 Å². The Hall–Kier alpha value is -2.17. The summed E-state index contributed by atoms with van der Waals surface area (Å²) < 4.78 is 0. The first-order valence-electron chi connectivity index (χ1n) is 4.95. The summed E-state index contributed by atoms with van der Waals surface area (Å²) in [5, 5.41) is 9.45. The quantitative estimate of drug-likeness (QED) is 0.756. The second-order valence-corrected chi connectivity index (χ2v) is 3.47. The molecule has 5 heteroatoms. The van der Waals surface area contributed by atoms with E-state index in [-0.39, 0.29) is 0 Å². The third kappa shape index (κ3) is 2.44. The highest BCUT2D eigenvalue weighted by Gasteiger charge is 2.01. The number of carbonyl (C=O) groups excluding carboxylic acids is 1. The van der Waals surface area contributed by atoms with E-state index in [4.69, 9.17) is 0 Å². The lowest BCUT2D eigenvalue weighted by Gasteiger charge is -2.00. The van der Waals surface area contributed by atoms with Crippen molar-refractivity contribution in [3.05, 3.63) is 41.5 Å². The maximum Gasteiger partial charge on any atom is 0.211 e. The van der Waals surface area contributed by atoms with Gasteiger partial charge in [-0.15, -0.1) is 0 Å². The predicted molar refractivity (Wildman–Crippen MR) is 60.1 cm³/mol. The van der Waals surface area contributed by atoms with Crippen LogP contribution in [0.4, 0.5) is 5.69 Å². The van der Waals surface area contributed by atoms with Crippen molar-refractivity contribution in [3.63, 3.8) is 0 Å². The van der Waals surface area contributed by atoms with E-state index in [9.17, 15) is 4.79 Å². The zero-order valence-electron chi connectivity index (χ0n) is 8.90. The summed E-state index contributed by atoms with van der Waals surface area (Å²) in [6, 6.07) is 7.58. The number of carbonyl (C=O) groups is 1. The highest BCUT2D eigenvalue weighted by atomic mass is 16.1. The van der Waals surface area contributed by atoms with E-state index in [0.717, 1.165) is 22.9 Å². The van der Waals surface area contributed by atoms with Gasteiger partial charge in [-0.2, -0.15) is 5.10 Å². The number of aromatic nitrogens is 3. The number of rotatable bonds is 4. The molecule has 0 radical (unpaired) electrons. The van der Waals surface area contributed by atoms with Crippen LogP contribution in [0.1, 0.15) is 17.2 Å². The summed E-state index contributed by atoms with van der Waals surface area (Å²) >= 11 is 0. The second kappa shape index (κ2) is 4.57. The smallest absolute Gasteiger partial charge is 0.211 e. The molecule has 2 aromatic rings. The molecule has 0 fully saturated rings. The lowest BCUT2D eigenvalue weighted by atomic mass is 10.1. The van der Waals surface area contributed by atoms with Gasteiger partial charge in [0.25, 0.3) is 0 Å². The minimum absolute atomic E-state index is 0.660. The molecule has 0 atom stereocenters. The molecular weight excluding hydrogens is 204 g/mol. The molecule has 1 heterocycles. The Bertz CT molecular complexity index is 475. The first-order chi connectivity index (χ1) is 7.78. The molecule has 0 unspecified atom stereocenters. The maximum absolute atomic E-state index is 10.2. The predicted octanol–water partition coefficient (Wildman–Crippen LogP) is 1.27. The van der Waals surface area contributed by atoms with Crippen LogP contribution >= 0.6 is 0 Å². The molecule has 0 saturated heterocycles. The van der Waals surface area contributed by atoms with Crippen LogP contribution < -0.4 is 5.32 Å². The third-order valence-corrected chi connectivity index (χ3v) is 2.19. The molecule has 2 rings (SSSR count). The first kappa shape index (κ1) is 10.4. The largest absolute Gasteiger partial charge is 0.329 e. The topological polar surface area (TPSA) is 70.7 Å². The van der Waals surface area contributed by atoms with Crippen molar-refractivity contribution >= 4 is 12.1 Å². The molecule has 0 aliphatic rings. The highest BCUT2D eigenvalue weighted by Crippen LogP contribution is 2.11. The first-order valence-corrected chi connectivity index (χ1v) is 4.95. The summed E-state index contributed by atoms with van der Waals surface area (Å²) in [4.78, 5) is 14.4. The normalized spacial score (nSPS) is 10.1. The van der Waals surface area contributed by atoms with Crippen molar-refractivity contribution in [3.8, 4) is 0 Å². The Labute approximate surface area is 92.9 Å². The lowest BCUT2D eigenvalue weighted by molar-refractivity contribution is -0.105. The van der Waals surface area contributed by atoms with Crippen molar-refractivity contribution in [2.75, 3.05) is 5.32 Å². The summed E-state index contributed by atoms with van der Waals surface area (Å²) in [6.07, 6.45) is 1.35. The van der Waals surface area contributed by atoms with Crippen LogP contribution in [0, 0.1) is 6.92 Å². The van der Waals surface area contributed by atoms with Crippen LogP contribution in [-0.4, -0.2) is 21.6 Å². The van der Waals surface area contributed by atoms with Gasteiger partial charge in [-0.1, -0.05) is 12.1 Å². The van der Waals surface area contributed by atoms with Gasteiger partial charge in [-0.05, 0) is 24.6 Å². The molecule has 5 nitrogen and oxygen atoms in total. The zero-order valence-corrected chi connectivity index (χ0v) is 8.90. The van der Waals surface area contributed by atoms with Crippen molar-refractivity contribution in [2.24, 2.45) is 0 Å². The molecule has 0 bridgehead atoms. The summed E-state index contributed by atoms with van der Waals surface area (Å²) in [7, 11) is 0. The number of hydrogen-bond acceptors (Lipinski definition) is 3. The van der Waals surface area contributed by atoms with Crippen LogP contribution in [-0.2, 0) is 11.2 Å². The fourth-order valence-corrected chi connectivity index (χ4v) is 1.44. The molecule has 1 aromatic carbocycles. The molecule has 1 aromatic heterocycles. The van der Waals surface area contributed by atoms with Gasteiger partial charge in [0.05, 0.1) is 0 Å². The fraction of sp³-hybridized carbons (Fsp3) is 0.182. The second-order valence-electron chi connectivity index (χ2n) is 3.47. The number of nitrogens with zero attached hydrogens (tertiary/aromatic N) is 2. The van der Waals surface area contributed by atoms with Gasteiger partial charge in [0.2, 0.25) is 6.41 Å². The Morgan fingerprint density at radius 1 is 1.38 bits per heavy atom. The van der Waals surface area contributed by atoms with Gasteiger partial charge in [0.1, 0.15) is 5.82 Å². The van der Waals surface area contributed by atoms with Crippen LogP contribution in [0.25, 0.3) is 0 Å². The van der Waals surface area contributed by atoms with Crippen molar-refractivity contribution in [2.45, 2.75) is 13.3 Å². The monoisotopic (exact) mass is 216 g/mol. The van der Waals surface area contributed by atoms with Crippen molar-refractivity contribution < 1.29 is 4.79 Å². The molecule has 16 heavy (non-hydrogen) atoms. The van der Waals surface area contributed by atoms with E-state index >= 15 is 0 Å². The van der Waals surface area contributed by atoms with Crippen molar-refractivity contribution in [1.29, 1.82) is 0 Å². The number of H-pyrrole nitrogens is 1. The van der Waals surface area contributed by atoms with Gasteiger partial charge in [0.15, 0.2) is 5.82 Å². The molecule has 1 amide bonds. The van der Waals surface area contributed by atoms with Crippen LogP contribution in [0.3, 0.4) is 0 Å². The zero-order chi connectivity index (χ0) is 11.4. The van der Waals surface area contributed by atoms with E-state index < -0.39 is 0 Å². The molecular formula is C11H12N4O. The van der Waals surface area contributed by atoms with E-state index in [2.05, 4.69) is 20.5 Å². The number of hydrogen-bond donors (Lipinski definition) is 2. The van der Waals surface area contributed by atoms with Crippen LogP contribution in [0.15, 0.2) is 24.3 Å². The minimum atomic E-state index is 0.660. The standard InChI is InChI=1S/C11H12N4O/c1-8-13-11(15-14-8)6-9-2-4-10(5-3-9)12-7-16/h2-5,7H,6H2,1H3,(H,12,16)(H,13,14,15). The highest BCUT2D eigenvalue weighted by molar-refractivity contribution is 5.71. The average molecular weight is 216 g/mol. The van der Waals surface area contributed by atoms with Crippen LogP contribution in [0.2, 0.25) is 0 Å². The number of aryl methyl sites for hydroxylation is 1. The fourth-order valence-electron chi connectivity index (χ4n) is 1.44. The summed E-state index contributed by atoms with van der Waals surface area (Å²) in [6.45, 7) is 1.87. The number of nitrogens with one attached hydrogen (secondary N) is 2. The van der Waals surface area contributed by atoms with E-state index in [1.807, 2.05) is 31.2 Å². The number of aromatic amines is 1. The maximum atomic E-state index is 10.2. The Balaban J connectivity index is 2.07. The number of amides is 1. The third-order valence-electron chi connectivity index (χ3n) is 2.19. The Morgan fingerprint density at radius 3 is 2.69 bits per heavy atom.